The molecule has 2 aromatic heterocycles. The number of aliphatic hydroxyl groups is 1. The average Bonchev–Trinajstić information content (AvgIpc) is 3.52. The Morgan fingerprint density at radius 3 is 2.71 bits per heavy atom. The first-order valence-corrected chi connectivity index (χ1v) is 16.1. The molecular formula is C27H36N9O8P. The molecule has 1 aromatic carbocycles. The van der Waals surface area contributed by atoms with Crippen LogP contribution in [0.4, 0.5) is 5.95 Å². The van der Waals surface area contributed by atoms with E-state index in [1.54, 1.807) is 44.2 Å². The number of nitrogens with zero attached hydrogens (tertiary/aromatic N) is 7. The summed E-state index contributed by atoms with van der Waals surface area (Å²) >= 11 is 0. The molecule has 5 rings (SSSR count). The van der Waals surface area contributed by atoms with E-state index in [-0.39, 0.29) is 35.6 Å². The third-order valence-electron chi connectivity index (χ3n) is 7.66. The zero-order valence-corrected chi connectivity index (χ0v) is 25.9. The molecule has 18 heteroatoms. The van der Waals surface area contributed by atoms with Crippen molar-refractivity contribution in [3.05, 3.63) is 52.7 Å². The molecule has 242 valence electrons. The highest BCUT2D eigenvalue weighted by Gasteiger charge is 2.55. The van der Waals surface area contributed by atoms with E-state index >= 15 is 0 Å². The minimum Gasteiger partial charge on any atom is -0.476 e. The van der Waals surface area contributed by atoms with Crippen molar-refractivity contribution in [3.63, 3.8) is 0 Å². The fourth-order valence-electron chi connectivity index (χ4n) is 5.15. The summed E-state index contributed by atoms with van der Waals surface area (Å²) in [5, 5.41) is 18.2. The van der Waals surface area contributed by atoms with Gasteiger partial charge in [-0.1, -0.05) is 41.9 Å². The van der Waals surface area contributed by atoms with Crippen molar-refractivity contribution in [3.8, 4) is 5.88 Å². The maximum atomic E-state index is 14.2. The van der Waals surface area contributed by atoms with E-state index in [0.717, 1.165) is 19.3 Å². The second-order valence-electron chi connectivity index (χ2n) is 10.7. The van der Waals surface area contributed by atoms with Crippen molar-refractivity contribution in [1.82, 2.24) is 24.6 Å². The number of hydrogen-bond acceptors (Lipinski definition) is 13. The maximum Gasteiger partial charge on any atom is 0.407 e. The number of nitrogens with two attached hydrogens (primary N) is 1. The molecule has 0 bridgehead atoms. The van der Waals surface area contributed by atoms with Gasteiger partial charge < -0.3 is 25.1 Å². The van der Waals surface area contributed by atoms with Gasteiger partial charge in [0.1, 0.15) is 11.6 Å². The molecule has 0 radical (unpaired) electrons. The number of nitrogen functional groups attached to an aromatic ring is 1. The van der Waals surface area contributed by atoms with Crippen LogP contribution in [-0.4, -0.2) is 74.2 Å². The predicted molar refractivity (Wildman–Crippen MR) is 160 cm³/mol. The monoisotopic (exact) mass is 645 g/mol. The molecule has 1 saturated heterocycles. The number of aromatic nitrogens is 4. The van der Waals surface area contributed by atoms with Gasteiger partial charge in [-0.2, -0.15) is 9.97 Å². The number of fused-ring (bicyclic) bond motifs is 1. The number of carbonyl (C=O) groups excluding carboxylic acids is 1. The van der Waals surface area contributed by atoms with Crippen LogP contribution in [0.5, 0.6) is 5.88 Å². The first-order chi connectivity index (χ1) is 21.6. The van der Waals surface area contributed by atoms with Crippen molar-refractivity contribution < 1.29 is 37.7 Å². The summed E-state index contributed by atoms with van der Waals surface area (Å²) in [6.45, 7) is 4.84. The highest BCUT2D eigenvalue weighted by atomic mass is 31.2. The summed E-state index contributed by atoms with van der Waals surface area (Å²) in [6.07, 6.45) is -1.37. The molecule has 17 nitrogen and oxygen atoms in total. The number of imidazole rings is 1. The lowest BCUT2D eigenvalue weighted by molar-refractivity contribution is -0.152. The number of hydrogen-bond donors (Lipinski definition) is 3. The fraction of sp³-hybridized carbons (Fsp3) is 0.556. The van der Waals surface area contributed by atoms with Crippen LogP contribution in [0.1, 0.15) is 57.9 Å². The summed E-state index contributed by atoms with van der Waals surface area (Å²) in [6, 6.07) is 8.32. The highest BCUT2D eigenvalue weighted by molar-refractivity contribution is 7.51. The second kappa shape index (κ2) is 13.7. The Labute approximate surface area is 258 Å². The van der Waals surface area contributed by atoms with Crippen LogP contribution in [0, 0.1) is 0 Å². The normalized spacial score (nSPS) is 25.2. The van der Waals surface area contributed by atoms with E-state index in [0.29, 0.717) is 12.2 Å². The number of rotatable bonds is 14. The van der Waals surface area contributed by atoms with Gasteiger partial charge in [0.05, 0.1) is 32.3 Å². The molecule has 3 aromatic rings. The number of nitrogens with one attached hydrogen (secondary N) is 1. The Hall–Kier alpha value is -3.82. The topological polar surface area (TPSA) is 231 Å². The number of ether oxygens (including phenoxy) is 3. The minimum absolute atomic E-state index is 0.0831. The number of azide groups is 1. The van der Waals surface area contributed by atoms with Crippen molar-refractivity contribution in [1.29, 1.82) is 0 Å². The van der Waals surface area contributed by atoms with E-state index in [1.165, 1.54) is 17.8 Å². The molecule has 0 amide bonds. The minimum atomic E-state index is -4.23. The van der Waals surface area contributed by atoms with Gasteiger partial charge in [0.25, 0.3) is 0 Å². The number of carbonyl (C=O) groups is 1. The smallest absolute Gasteiger partial charge is 0.407 e. The largest absolute Gasteiger partial charge is 0.476 e. The Bertz CT molecular complexity index is 1600. The molecule has 3 heterocycles. The van der Waals surface area contributed by atoms with Gasteiger partial charge in [0.15, 0.2) is 23.5 Å². The standard InChI is InChI=1S/C27H36N9O8P/c1-4-40-23-19-22(31-26(28)32-23)36(15-30-19)25-27(3,34-35-29)21(37)18(43-25)14-42-45(39,33-17-12-9-13-17)44-20(24(38)41-5-2)16-10-7-6-8-11-16/h6-8,10-11,15,17-18,20-21,25,37H,4-5,9,12-14H2,1-3H3,(H,33,39)(H2,28,31,32)/t18-,20?,21-,25-,27-,45?/m1/s1. The molecule has 2 unspecified atom stereocenters. The average molecular weight is 646 g/mol. The third-order valence-corrected chi connectivity index (χ3v) is 9.32. The quantitative estimate of drug-likeness (QED) is 0.0747. The predicted octanol–water partition coefficient (Wildman–Crippen LogP) is 3.72. The fourth-order valence-corrected chi connectivity index (χ4v) is 6.88. The lowest BCUT2D eigenvalue weighted by Gasteiger charge is -2.32. The Morgan fingerprint density at radius 1 is 1.31 bits per heavy atom. The second-order valence-corrected chi connectivity index (χ2v) is 12.5. The summed E-state index contributed by atoms with van der Waals surface area (Å²) in [5.41, 5.74) is 14.7. The van der Waals surface area contributed by atoms with Crippen LogP contribution in [0.2, 0.25) is 0 Å². The third kappa shape index (κ3) is 6.75. The number of anilines is 1. The molecule has 0 spiro atoms. The van der Waals surface area contributed by atoms with E-state index in [4.69, 9.17) is 29.0 Å². The van der Waals surface area contributed by atoms with E-state index in [1.807, 2.05) is 0 Å². The van der Waals surface area contributed by atoms with Gasteiger partial charge >= 0.3 is 13.7 Å². The molecule has 1 aliphatic carbocycles. The van der Waals surface area contributed by atoms with Gasteiger partial charge in [0.2, 0.25) is 11.8 Å². The van der Waals surface area contributed by atoms with Crippen LogP contribution in [0.25, 0.3) is 21.6 Å². The van der Waals surface area contributed by atoms with E-state index in [2.05, 4.69) is 30.1 Å². The van der Waals surface area contributed by atoms with Crippen LogP contribution < -0.4 is 15.6 Å². The van der Waals surface area contributed by atoms with Crippen molar-refractivity contribution in [2.75, 3.05) is 25.6 Å². The van der Waals surface area contributed by atoms with Gasteiger partial charge in [0, 0.05) is 11.0 Å². The summed E-state index contributed by atoms with van der Waals surface area (Å²) in [5.74, 6) is -0.681. The molecule has 1 saturated carbocycles. The van der Waals surface area contributed by atoms with Crippen LogP contribution in [0.15, 0.2) is 41.8 Å². The number of benzene rings is 1. The molecule has 2 fully saturated rings. The van der Waals surface area contributed by atoms with Crippen molar-refractivity contribution in [2.24, 2.45) is 5.11 Å². The SMILES string of the molecule is CCOC(=O)C(OP(=O)(NC1CCC1)OC[C@H]1O[C@@H](n2cnc3c(OCC)nc(N)nc32)[C@](C)(N=[N+]=[N-])[C@@H]1O)c1ccccc1. The molecule has 6 atom stereocenters. The zero-order valence-electron chi connectivity index (χ0n) is 25.1. The lowest BCUT2D eigenvalue weighted by Crippen LogP contribution is -2.43. The zero-order chi connectivity index (χ0) is 32.2. The van der Waals surface area contributed by atoms with Crippen molar-refractivity contribution >= 4 is 30.8 Å². The van der Waals surface area contributed by atoms with Crippen LogP contribution >= 0.6 is 7.75 Å². The molecular weight excluding hydrogens is 609 g/mol. The maximum absolute atomic E-state index is 14.2. The van der Waals surface area contributed by atoms with Crippen molar-refractivity contribution in [2.45, 2.75) is 76.2 Å². The summed E-state index contributed by atoms with van der Waals surface area (Å²) in [7, 11) is -4.23. The van der Waals surface area contributed by atoms with Gasteiger partial charge in [-0.25, -0.2) is 19.4 Å². The molecule has 2 aliphatic rings. The Kier molecular flexibility index (Phi) is 9.89. The van der Waals surface area contributed by atoms with Gasteiger partial charge in [-0.3, -0.25) is 13.6 Å². The van der Waals surface area contributed by atoms with E-state index < -0.39 is 50.4 Å². The first kappa shape index (κ1) is 32.6. The lowest BCUT2D eigenvalue weighted by atomic mass is 9.93. The summed E-state index contributed by atoms with van der Waals surface area (Å²) in [4.78, 5) is 28.6. The molecule has 1 aliphatic heterocycles. The van der Waals surface area contributed by atoms with Gasteiger partial charge in [-0.15, -0.1) is 0 Å². The van der Waals surface area contributed by atoms with E-state index in [9.17, 15) is 20.0 Å². The van der Waals surface area contributed by atoms with Crippen LogP contribution in [-0.2, 0) is 27.9 Å². The molecule has 45 heavy (non-hydrogen) atoms. The first-order valence-electron chi connectivity index (χ1n) is 14.6. The van der Waals surface area contributed by atoms with Crippen LogP contribution in [0.3, 0.4) is 0 Å². The number of aliphatic hydroxyl groups excluding tert-OH is 1. The Balaban J connectivity index is 1.43. The summed E-state index contributed by atoms with van der Waals surface area (Å²) < 4.78 is 44.4. The van der Waals surface area contributed by atoms with Gasteiger partial charge in [-0.05, 0) is 44.7 Å². The molecule has 4 N–H and O–H groups in total. The highest BCUT2D eigenvalue weighted by Crippen LogP contribution is 2.52. The Morgan fingerprint density at radius 2 is 2.07 bits per heavy atom. The number of esters is 1.